The lowest BCUT2D eigenvalue weighted by Gasteiger charge is -2.07. The second-order valence-electron chi connectivity index (χ2n) is 6.16. The van der Waals surface area contributed by atoms with E-state index >= 15 is 0 Å². The second kappa shape index (κ2) is 6.35. The molecule has 0 saturated carbocycles. The molecule has 0 saturated heterocycles. The molecule has 124 valence electrons. The summed E-state index contributed by atoms with van der Waals surface area (Å²) in [6, 6.07) is 11.6. The van der Waals surface area contributed by atoms with Crippen molar-refractivity contribution in [2.45, 2.75) is 33.6 Å². The molecule has 2 aromatic heterocycles. The van der Waals surface area contributed by atoms with E-state index in [1.54, 1.807) is 6.92 Å². The minimum Gasteiger partial charge on any atom is -0.460 e. The first-order chi connectivity index (χ1) is 11.5. The Labute approximate surface area is 140 Å². The number of hydrogen-bond donors (Lipinski definition) is 2. The number of hydrazone groups is 1. The van der Waals surface area contributed by atoms with Crippen molar-refractivity contribution in [3.63, 3.8) is 0 Å². The van der Waals surface area contributed by atoms with Crippen LogP contribution in [0.15, 0.2) is 45.9 Å². The van der Waals surface area contributed by atoms with Crippen LogP contribution in [0.1, 0.15) is 54.3 Å². The molecule has 2 heterocycles. The lowest BCUT2D eigenvalue weighted by Crippen LogP contribution is -2.21. The number of amides is 1. The van der Waals surface area contributed by atoms with Gasteiger partial charge in [-0.1, -0.05) is 32.0 Å². The minimum absolute atomic E-state index is 0.222. The predicted octanol–water partition coefficient (Wildman–Crippen LogP) is 4.35. The van der Waals surface area contributed by atoms with Crippen molar-refractivity contribution in [1.29, 1.82) is 0 Å². The first-order valence-electron chi connectivity index (χ1n) is 7.99. The zero-order chi connectivity index (χ0) is 17.3. The number of hydrogen-bond acceptors (Lipinski definition) is 3. The number of carbonyl (C=O) groups excluding carboxylic acids is 1. The molecule has 0 aliphatic rings. The van der Waals surface area contributed by atoms with Crippen LogP contribution in [0.2, 0.25) is 0 Å². The highest BCUT2D eigenvalue weighted by molar-refractivity contribution is 6.03. The maximum absolute atomic E-state index is 12.6. The number of furan rings is 1. The molecule has 0 spiro atoms. The van der Waals surface area contributed by atoms with Crippen molar-refractivity contribution in [3.8, 4) is 0 Å². The summed E-state index contributed by atoms with van der Waals surface area (Å²) in [6.45, 7) is 7.82. The highest BCUT2D eigenvalue weighted by Crippen LogP contribution is 2.29. The van der Waals surface area contributed by atoms with Crippen LogP contribution in [-0.2, 0) is 0 Å². The number of benzene rings is 1. The lowest BCUT2D eigenvalue weighted by molar-refractivity contribution is 0.0949. The van der Waals surface area contributed by atoms with E-state index in [0.717, 1.165) is 22.2 Å². The van der Waals surface area contributed by atoms with Crippen molar-refractivity contribution < 1.29 is 9.21 Å². The molecule has 1 amide bonds. The third kappa shape index (κ3) is 2.97. The van der Waals surface area contributed by atoms with Crippen LogP contribution in [0.25, 0.3) is 10.9 Å². The second-order valence-corrected chi connectivity index (χ2v) is 6.16. The van der Waals surface area contributed by atoms with E-state index in [-0.39, 0.29) is 11.8 Å². The summed E-state index contributed by atoms with van der Waals surface area (Å²) in [4.78, 5) is 15.8. The fraction of sp³-hybridized carbons (Fsp3) is 0.263. The number of nitrogens with one attached hydrogen (secondary N) is 2. The molecule has 0 atom stereocenters. The molecule has 24 heavy (non-hydrogen) atoms. The molecule has 0 bridgehead atoms. The van der Waals surface area contributed by atoms with Gasteiger partial charge in [-0.15, -0.1) is 0 Å². The van der Waals surface area contributed by atoms with Gasteiger partial charge in [-0.2, -0.15) is 5.10 Å². The van der Waals surface area contributed by atoms with E-state index < -0.39 is 0 Å². The van der Waals surface area contributed by atoms with E-state index in [0.29, 0.717) is 17.2 Å². The van der Waals surface area contributed by atoms with Gasteiger partial charge in [0.05, 0.1) is 0 Å². The van der Waals surface area contributed by atoms with Gasteiger partial charge in [0.15, 0.2) is 0 Å². The third-order valence-electron chi connectivity index (χ3n) is 3.97. The van der Waals surface area contributed by atoms with Gasteiger partial charge in [-0.05, 0) is 43.5 Å². The maximum atomic E-state index is 12.6. The van der Waals surface area contributed by atoms with Gasteiger partial charge in [-0.3, -0.25) is 4.79 Å². The van der Waals surface area contributed by atoms with Crippen LogP contribution >= 0.6 is 0 Å². The quantitative estimate of drug-likeness (QED) is 0.553. The average Bonchev–Trinajstić information content (AvgIpc) is 3.15. The van der Waals surface area contributed by atoms with Crippen LogP contribution in [-0.4, -0.2) is 16.6 Å². The largest absolute Gasteiger partial charge is 0.460 e. The Hall–Kier alpha value is -2.82. The molecule has 0 unspecified atom stereocenters. The number of carbonyl (C=O) groups is 1. The normalized spacial score (nSPS) is 12.1. The summed E-state index contributed by atoms with van der Waals surface area (Å²) in [6.07, 6.45) is 0. The van der Waals surface area contributed by atoms with E-state index in [9.17, 15) is 4.79 Å². The average molecular weight is 323 g/mol. The highest BCUT2D eigenvalue weighted by atomic mass is 16.3. The molecule has 3 rings (SSSR count). The summed E-state index contributed by atoms with van der Waals surface area (Å²) in [5, 5.41) is 5.23. The minimum atomic E-state index is -0.252. The summed E-state index contributed by atoms with van der Waals surface area (Å²) in [5.74, 6) is 1.43. The Balaban J connectivity index is 1.90. The fourth-order valence-electron chi connectivity index (χ4n) is 2.82. The number of fused-ring (bicyclic) bond motifs is 1. The highest BCUT2D eigenvalue weighted by Gasteiger charge is 2.19. The van der Waals surface area contributed by atoms with Gasteiger partial charge < -0.3 is 9.40 Å². The molecular weight excluding hydrogens is 302 g/mol. The monoisotopic (exact) mass is 323 g/mol. The summed E-state index contributed by atoms with van der Waals surface area (Å²) in [7, 11) is 0. The van der Waals surface area contributed by atoms with Crippen LogP contribution in [0.4, 0.5) is 0 Å². The molecule has 3 aromatic rings. The Kier molecular flexibility index (Phi) is 4.25. The summed E-state index contributed by atoms with van der Waals surface area (Å²) in [5.41, 5.74) is 5.76. The van der Waals surface area contributed by atoms with Crippen molar-refractivity contribution in [2.75, 3.05) is 0 Å². The Bertz CT molecular complexity index is 916. The Morgan fingerprint density at radius 3 is 2.62 bits per heavy atom. The van der Waals surface area contributed by atoms with Gasteiger partial charge in [0, 0.05) is 10.9 Å². The molecule has 0 aliphatic carbocycles. The Morgan fingerprint density at radius 1 is 1.21 bits per heavy atom. The first-order valence-corrected chi connectivity index (χ1v) is 7.99. The molecular formula is C19H21N3O2. The number of H-pyrrole nitrogens is 1. The van der Waals surface area contributed by atoms with Crippen LogP contribution < -0.4 is 5.43 Å². The van der Waals surface area contributed by atoms with Gasteiger partial charge in [0.1, 0.15) is 22.9 Å². The zero-order valence-electron chi connectivity index (χ0n) is 14.3. The smallest absolute Gasteiger partial charge is 0.288 e. The Morgan fingerprint density at radius 2 is 1.96 bits per heavy atom. The summed E-state index contributed by atoms with van der Waals surface area (Å²) >= 11 is 0. The molecule has 2 N–H and O–H groups in total. The van der Waals surface area contributed by atoms with E-state index in [2.05, 4.69) is 29.4 Å². The van der Waals surface area contributed by atoms with Crippen LogP contribution in [0, 0.1) is 6.92 Å². The number of aromatic nitrogens is 1. The van der Waals surface area contributed by atoms with E-state index in [1.807, 2.05) is 43.3 Å². The third-order valence-corrected chi connectivity index (χ3v) is 3.97. The SMILES string of the molecule is CC(=NNC(=O)c1[nH]c2ccccc2c1C(C)C)c1ccc(C)o1. The van der Waals surface area contributed by atoms with Gasteiger partial charge >= 0.3 is 0 Å². The van der Waals surface area contributed by atoms with Crippen molar-refractivity contribution in [1.82, 2.24) is 10.4 Å². The molecule has 5 nitrogen and oxygen atoms in total. The number of aromatic amines is 1. The van der Waals surface area contributed by atoms with Crippen molar-refractivity contribution >= 4 is 22.5 Å². The molecule has 5 heteroatoms. The number of aryl methyl sites for hydroxylation is 1. The number of para-hydroxylation sites is 1. The van der Waals surface area contributed by atoms with Crippen molar-refractivity contribution in [2.24, 2.45) is 5.10 Å². The molecule has 1 aromatic carbocycles. The van der Waals surface area contributed by atoms with Crippen LogP contribution in [0.5, 0.6) is 0 Å². The van der Waals surface area contributed by atoms with Gasteiger partial charge in [-0.25, -0.2) is 5.43 Å². The summed E-state index contributed by atoms with van der Waals surface area (Å²) < 4.78 is 5.50. The first kappa shape index (κ1) is 16.1. The number of nitrogens with zero attached hydrogens (tertiary/aromatic N) is 1. The van der Waals surface area contributed by atoms with Gasteiger partial charge in [0.2, 0.25) is 0 Å². The molecule has 0 radical (unpaired) electrons. The fourth-order valence-corrected chi connectivity index (χ4v) is 2.82. The number of rotatable bonds is 4. The van der Waals surface area contributed by atoms with Crippen LogP contribution in [0.3, 0.4) is 0 Å². The predicted molar refractivity (Wildman–Crippen MR) is 95.5 cm³/mol. The van der Waals surface area contributed by atoms with E-state index in [4.69, 9.17) is 4.42 Å². The zero-order valence-corrected chi connectivity index (χ0v) is 14.3. The maximum Gasteiger partial charge on any atom is 0.288 e. The van der Waals surface area contributed by atoms with Crippen molar-refractivity contribution in [3.05, 3.63) is 59.2 Å². The molecule has 0 fully saturated rings. The van der Waals surface area contributed by atoms with E-state index in [1.165, 1.54) is 0 Å². The lowest BCUT2D eigenvalue weighted by atomic mass is 9.99. The van der Waals surface area contributed by atoms with Gasteiger partial charge in [0.25, 0.3) is 5.91 Å². The topological polar surface area (TPSA) is 70.4 Å². The standard InChI is InChI=1S/C19H21N3O2/c1-11(2)17-14-7-5-6-8-15(14)20-18(17)19(23)22-21-13(4)16-10-9-12(3)24-16/h5-11,20H,1-4H3,(H,22,23). The molecule has 0 aliphatic heterocycles.